The van der Waals surface area contributed by atoms with E-state index in [1.54, 1.807) is 36.4 Å². The summed E-state index contributed by atoms with van der Waals surface area (Å²) in [7, 11) is 0. The Kier molecular flexibility index (Phi) is 6.13. The predicted octanol–water partition coefficient (Wildman–Crippen LogP) is 2.84. The first-order valence-electron chi connectivity index (χ1n) is 9.09. The molecule has 1 amide bonds. The van der Waals surface area contributed by atoms with Crippen molar-refractivity contribution in [1.29, 1.82) is 0 Å². The van der Waals surface area contributed by atoms with Crippen LogP contribution in [0.1, 0.15) is 19.4 Å². The number of rotatable bonds is 7. The third-order valence-electron chi connectivity index (χ3n) is 4.05. The number of carbonyl (C=O) groups is 2. The summed E-state index contributed by atoms with van der Waals surface area (Å²) >= 11 is 0. The van der Waals surface area contributed by atoms with E-state index in [1.807, 2.05) is 19.1 Å². The molecule has 3 N–H and O–H groups in total. The molecule has 0 fully saturated rings. The van der Waals surface area contributed by atoms with Crippen LogP contribution in [0.3, 0.4) is 0 Å². The number of esters is 1. The van der Waals surface area contributed by atoms with Crippen LogP contribution in [0.4, 0.5) is 5.69 Å². The van der Waals surface area contributed by atoms with Crippen molar-refractivity contribution in [1.82, 2.24) is 9.97 Å². The lowest BCUT2D eigenvalue weighted by molar-refractivity contribution is -0.148. The number of aromatic amines is 2. The molecule has 0 bridgehead atoms. The number of aromatic nitrogens is 2. The molecule has 8 nitrogen and oxygen atoms in total. The van der Waals surface area contributed by atoms with Crippen LogP contribution in [0.15, 0.2) is 53.3 Å². The minimum Gasteiger partial charge on any atom is -0.494 e. The van der Waals surface area contributed by atoms with Gasteiger partial charge in [-0.2, -0.15) is 0 Å². The molecular weight excluding hydrogens is 374 g/mol. The van der Waals surface area contributed by atoms with E-state index < -0.39 is 18.0 Å². The molecule has 0 aliphatic carbocycles. The number of anilines is 1. The number of benzene rings is 2. The Bertz CT molecular complexity index is 1100. The third kappa shape index (κ3) is 5.35. The van der Waals surface area contributed by atoms with Gasteiger partial charge in [0.25, 0.3) is 5.91 Å². The number of hydrogen-bond donors (Lipinski definition) is 3. The molecule has 0 unspecified atom stereocenters. The Morgan fingerprint density at radius 1 is 1.10 bits per heavy atom. The molecule has 0 saturated carbocycles. The van der Waals surface area contributed by atoms with Crippen molar-refractivity contribution >= 4 is 34.7 Å². The number of H-pyrrole nitrogens is 2. The molecule has 0 aliphatic rings. The highest BCUT2D eigenvalue weighted by Crippen LogP contribution is 2.15. The van der Waals surface area contributed by atoms with E-state index in [0.717, 1.165) is 11.3 Å². The quantitative estimate of drug-likeness (QED) is 0.421. The highest BCUT2D eigenvalue weighted by molar-refractivity contribution is 5.97. The number of imidazole rings is 1. The summed E-state index contributed by atoms with van der Waals surface area (Å²) in [6.07, 6.45) is 1.86. The first-order valence-corrected chi connectivity index (χ1v) is 9.09. The smallest absolute Gasteiger partial charge is 0.331 e. The lowest BCUT2D eigenvalue weighted by atomic mass is 10.2. The second-order valence-corrected chi connectivity index (χ2v) is 6.24. The van der Waals surface area contributed by atoms with Crippen molar-refractivity contribution in [2.75, 3.05) is 11.9 Å². The minimum atomic E-state index is -0.992. The highest BCUT2D eigenvalue weighted by Gasteiger charge is 2.17. The van der Waals surface area contributed by atoms with E-state index in [9.17, 15) is 14.4 Å². The summed E-state index contributed by atoms with van der Waals surface area (Å²) in [5.74, 6) is -0.364. The number of ether oxygens (including phenoxy) is 2. The second kappa shape index (κ2) is 8.92. The molecule has 8 heteroatoms. The van der Waals surface area contributed by atoms with E-state index in [2.05, 4.69) is 15.3 Å². The molecule has 0 aliphatic heterocycles. The summed E-state index contributed by atoms with van der Waals surface area (Å²) in [5, 5.41) is 2.65. The fourth-order valence-corrected chi connectivity index (χ4v) is 2.63. The molecule has 3 rings (SSSR count). The van der Waals surface area contributed by atoms with E-state index in [1.165, 1.54) is 13.0 Å². The molecule has 0 radical (unpaired) electrons. The molecule has 0 spiro atoms. The Morgan fingerprint density at radius 2 is 1.83 bits per heavy atom. The van der Waals surface area contributed by atoms with Gasteiger partial charge in [0.1, 0.15) is 5.75 Å². The molecule has 1 aromatic heterocycles. The summed E-state index contributed by atoms with van der Waals surface area (Å²) in [4.78, 5) is 40.8. The molecule has 0 saturated heterocycles. The Labute approximate surface area is 166 Å². The predicted molar refractivity (Wildman–Crippen MR) is 110 cm³/mol. The Balaban J connectivity index is 1.54. The molecule has 3 aromatic rings. The standard InChI is InChI=1S/C21H21N3O5/c1-3-28-16-8-4-14(5-9-16)6-11-19(25)29-13(2)20(26)22-15-7-10-17-18(12-15)24-21(27)23-17/h4-13H,3H2,1-2H3,(H,22,26)(H2,23,24,27)/b11-6+/t13-/m1/s1. The van der Waals surface area contributed by atoms with Crippen molar-refractivity contribution in [3.05, 3.63) is 64.6 Å². The van der Waals surface area contributed by atoms with Gasteiger partial charge in [0.15, 0.2) is 6.10 Å². The molecule has 29 heavy (non-hydrogen) atoms. The molecular formula is C21H21N3O5. The number of hydrogen-bond acceptors (Lipinski definition) is 5. The molecule has 150 valence electrons. The van der Waals surface area contributed by atoms with Gasteiger partial charge in [-0.05, 0) is 55.8 Å². The van der Waals surface area contributed by atoms with Gasteiger partial charge in [0.05, 0.1) is 17.6 Å². The SMILES string of the molecule is CCOc1ccc(/C=C/C(=O)O[C@H](C)C(=O)Nc2ccc3[nH]c(=O)[nH]c3c2)cc1. The Morgan fingerprint density at radius 3 is 2.55 bits per heavy atom. The average Bonchev–Trinajstić information content (AvgIpc) is 3.07. The van der Waals surface area contributed by atoms with E-state index in [0.29, 0.717) is 23.3 Å². The van der Waals surface area contributed by atoms with E-state index >= 15 is 0 Å². The molecule has 1 heterocycles. The lowest BCUT2D eigenvalue weighted by Crippen LogP contribution is -2.29. The van der Waals surface area contributed by atoms with Crippen LogP contribution in [-0.4, -0.2) is 34.6 Å². The molecule has 1 atom stereocenters. The van der Waals surface area contributed by atoms with Crippen molar-refractivity contribution in [3.8, 4) is 5.75 Å². The highest BCUT2D eigenvalue weighted by atomic mass is 16.5. The van der Waals surface area contributed by atoms with Gasteiger partial charge in [-0.15, -0.1) is 0 Å². The number of fused-ring (bicyclic) bond motifs is 1. The molecule has 2 aromatic carbocycles. The number of amides is 1. The average molecular weight is 395 g/mol. The summed E-state index contributed by atoms with van der Waals surface area (Å²) in [6.45, 7) is 3.97. The van der Waals surface area contributed by atoms with Crippen molar-refractivity contribution in [2.45, 2.75) is 20.0 Å². The number of carbonyl (C=O) groups excluding carboxylic acids is 2. The Hall–Kier alpha value is -3.81. The van der Waals surface area contributed by atoms with Crippen LogP contribution in [0.5, 0.6) is 5.75 Å². The summed E-state index contributed by atoms with van der Waals surface area (Å²) in [6, 6.07) is 12.2. The van der Waals surface area contributed by atoms with E-state index in [4.69, 9.17) is 9.47 Å². The van der Waals surface area contributed by atoms with Crippen LogP contribution >= 0.6 is 0 Å². The van der Waals surface area contributed by atoms with Crippen LogP contribution in [0.2, 0.25) is 0 Å². The van der Waals surface area contributed by atoms with Crippen LogP contribution in [0, 0.1) is 0 Å². The largest absolute Gasteiger partial charge is 0.494 e. The minimum absolute atomic E-state index is 0.329. The van der Waals surface area contributed by atoms with Crippen LogP contribution in [0.25, 0.3) is 17.1 Å². The van der Waals surface area contributed by atoms with Gasteiger partial charge in [0.2, 0.25) is 0 Å². The topological polar surface area (TPSA) is 113 Å². The van der Waals surface area contributed by atoms with Gasteiger partial charge >= 0.3 is 11.7 Å². The maximum atomic E-state index is 12.3. The normalized spacial score (nSPS) is 12.1. The van der Waals surface area contributed by atoms with Crippen LogP contribution < -0.4 is 15.7 Å². The first-order chi connectivity index (χ1) is 13.9. The fraction of sp³-hybridized carbons (Fsp3) is 0.190. The van der Waals surface area contributed by atoms with Crippen molar-refractivity contribution in [2.24, 2.45) is 0 Å². The lowest BCUT2D eigenvalue weighted by Gasteiger charge is -2.12. The summed E-state index contributed by atoms with van der Waals surface area (Å²) < 4.78 is 10.5. The fourth-order valence-electron chi connectivity index (χ4n) is 2.63. The maximum Gasteiger partial charge on any atom is 0.331 e. The zero-order valence-corrected chi connectivity index (χ0v) is 16.0. The maximum absolute atomic E-state index is 12.3. The van der Waals surface area contributed by atoms with Gasteiger partial charge < -0.3 is 24.8 Å². The first kappa shape index (κ1) is 19.9. The van der Waals surface area contributed by atoms with Gasteiger partial charge in [-0.25, -0.2) is 9.59 Å². The zero-order valence-electron chi connectivity index (χ0n) is 16.0. The van der Waals surface area contributed by atoms with Gasteiger partial charge in [0, 0.05) is 11.8 Å². The third-order valence-corrected chi connectivity index (χ3v) is 4.05. The van der Waals surface area contributed by atoms with Crippen molar-refractivity contribution < 1.29 is 19.1 Å². The monoisotopic (exact) mass is 395 g/mol. The van der Waals surface area contributed by atoms with Gasteiger partial charge in [-0.1, -0.05) is 12.1 Å². The van der Waals surface area contributed by atoms with Crippen LogP contribution in [-0.2, 0) is 14.3 Å². The number of nitrogens with one attached hydrogen (secondary N) is 3. The van der Waals surface area contributed by atoms with E-state index in [-0.39, 0.29) is 5.69 Å². The zero-order chi connectivity index (χ0) is 20.8. The second-order valence-electron chi connectivity index (χ2n) is 6.24. The van der Waals surface area contributed by atoms with Crippen molar-refractivity contribution in [3.63, 3.8) is 0 Å². The van der Waals surface area contributed by atoms with Gasteiger partial charge in [-0.3, -0.25) is 4.79 Å². The summed E-state index contributed by atoms with van der Waals surface area (Å²) in [5.41, 5.74) is 2.15.